The molecule has 0 atom stereocenters. The zero-order valence-corrected chi connectivity index (χ0v) is 17.8. The third kappa shape index (κ3) is 5.09. The minimum atomic E-state index is -1.56. The number of benzene rings is 1. The Labute approximate surface area is 174 Å². The molecule has 0 amide bonds. The molecular formula is C21H18N3OS2Si. The molecule has 0 aliphatic rings. The molecule has 0 bridgehead atoms. The normalized spacial score (nSPS) is 10.6. The molecule has 0 saturated carbocycles. The molecule has 0 aliphatic carbocycles. The van der Waals surface area contributed by atoms with Crippen LogP contribution in [0.1, 0.15) is 18.4 Å². The summed E-state index contributed by atoms with van der Waals surface area (Å²) in [6.07, 6.45) is 1.18. The first-order valence-electron chi connectivity index (χ1n) is 8.80. The number of nitrogens with zero attached hydrogens (tertiary/aromatic N) is 3. The van der Waals surface area contributed by atoms with E-state index in [1.807, 2.05) is 53.9 Å². The van der Waals surface area contributed by atoms with E-state index in [1.54, 1.807) is 11.3 Å². The maximum absolute atomic E-state index is 10.3. The summed E-state index contributed by atoms with van der Waals surface area (Å²) in [6.45, 7) is 0. The fourth-order valence-corrected chi connectivity index (χ4v) is 6.25. The van der Waals surface area contributed by atoms with Crippen molar-refractivity contribution in [2.24, 2.45) is 0 Å². The first-order valence-corrected chi connectivity index (χ1v) is 12.5. The first-order chi connectivity index (χ1) is 13.7. The highest BCUT2D eigenvalue weighted by molar-refractivity contribution is 8.00. The number of hydrogen-bond acceptors (Lipinski definition) is 6. The Morgan fingerprint density at radius 3 is 2.64 bits per heavy atom. The van der Waals surface area contributed by atoms with E-state index in [9.17, 15) is 10.1 Å². The molecule has 1 N–H and O–H groups in total. The summed E-state index contributed by atoms with van der Waals surface area (Å²) in [7, 11) is -1.56. The Kier molecular flexibility index (Phi) is 7.41. The average molecular weight is 421 g/mol. The van der Waals surface area contributed by atoms with Gasteiger partial charge < -0.3 is 4.80 Å². The molecule has 0 fully saturated rings. The summed E-state index contributed by atoms with van der Waals surface area (Å²) in [4.78, 5) is 16.1. The van der Waals surface area contributed by atoms with E-state index in [-0.39, 0.29) is 0 Å². The molecule has 4 nitrogen and oxygen atoms in total. The lowest BCUT2D eigenvalue weighted by molar-refractivity contribution is 0.571. The van der Waals surface area contributed by atoms with Crippen molar-refractivity contribution in [2.75, 3.05) is 5.38 Å². The molecule has 2 heterocycles. The minimum absolute atomic E-state index is 0.465. The quantitative estimate of drug-likeness (QED) is 0.305. The maximum atomic E-state index is 10.3. The van der Waals surface area contributed by atoms with Crippen LogP contribution < -0.4 is 0 Å². The van der Waals surface area contributed by atoms with Gasteiger partial charge in [-0.15, -0.1) is 23.1 Å². The molecule has 7 heteroatoms. The van der Waals surface area contributed by atoms with E-state index >= 15 is 0 Å². The summed E-state index contributed by atoms with van der Waals surface area (Å²) < 4.78 is 0. The van der Waals surface area contributed by atoms with Crippen molar-refractivity contribution in [3.8, 4) is 33.8 Å². The van der Waals surface area contributed by atoms with Crippen LogP contribution in [0.15, 0.2) is 58.9 Å². The molecule has 1 radical (unpaired) electrons. The highest BCUT2D eigenvalue weighted by atomic mass is 32.2. The second-order valence-corrected chi connectivity index (χ2v) is 10.5. The fraction of sp³-hybridized carbons (Fsp3) is 0.190. The SMILES string of the molecule is N#CCCC[Si](O)CSc1nc(-c2cccs2)cc(-c2ccccc2)c1C#N. The monoisotopic (exact) mass is 420 g/mol. The molecule has 139 valence electrons. The van der Waals surface area contributed by atoms with Gasteiger partial charge in [0.1, 0.15) is 11.1 Å². The van der Waals surface area contributed by atoms with Crippen LogP contribution in [-0.2, 0) is 0 Å². The predicted molar refractivity (Wildman–Crippen MR) is 116 cm³/mol. The Balaban J connectivity index is 1.95. The Hall–Kier alpha value is -2.42. The van der Waals surface area contributed by atoms with E-state index in [1.165, 1.54) is 11.8 Å². The van der Waals surface area contributed by atoms with E-state index in [0.29, 0.717) is 34.9 Å². The largest absolute Gasteiger partial charge is 0.431 e. The van der Waals surface area contributed by atoms with Crippen molar-refractivity contribution in [2.45, 2.75) is 23.9 Å². The van der Waals surface area contributed by atoms with Crippen molar-refractivity contribution >= 4 is 32.1 Å². The maximum Gasteiger partial charge on any atom is 0.217 e. The van der Waals surface area contributed by atoms with Crippen molar-refractivity contribution in [1.82, 2.24) is 4.98 Å². The van der Waals surface area contributed by atoms with Gasteiger partial charge in [-0.2, -0.15) is 10.5 Å². The zero-order valence-electron chi connectivity index (χ0n) is 15.1. The standard InChI is InChI=1S/C21H18N3OS2Si/c22-10-4-5-12-28(25)15-27-21-18(14-23)17(16-7-2-1-3-8-16)13-19(24-21)20-9-6-11-26-20/h1-3,6-9,11,13,25H,4-5,12,15H2. The third-order valence-electron chi connectivity index (χ3n) is 4.09. The van der Waals surface area contributed by atoms with Gasteiger partial charge in [0.25, 0.3) is 0 Å². The fourth-order valence-electron chi connectivity index (χ4n) is 2.73. The van der Waals surface area contributed by atoms with Crippen LogP contribution in [0.4, 0.5) is 0 Å². The molecule has 28 heavy (non-hydrogen) atoms. The Morgan fingerprint density at radius 1 is 1.14 bits per heavy atom. The lowest BCUT2D eigenvalue weighted by Crippen LogP contribution is -2.15. The van der Waals surface area contributed by atoms with Crippen LogP contribution in [0, 0.1) is 22.7 Å². The topological polar surface area (TPSA) is 80.7 Å². The number of rotatable bonds is 8. The van der Waals surface area contributed by atoms with Crippen LogP contribution in [0.3, 0.4) is 0 Å². The molecular weight excluding hydrogens is 402 g/mol. The molecule has 0 unspecified atom stereocenters. The van der Waals surface area contributed by atoms with Gasteiger partial charge in [-0.1, -0.05) is 36.4 Å². The van der Waals surface area contributed by atoms with Gasteiger partial charge in [0.15, 0.2) is 0 Å². The van der Waals surface area contributed by atoms with Gasteiger partial charge in [0.2, 0.25) is 9.04 Å². The lowest BCUT2D eigenvalue weighted by atomic mass is 10.0. The number of thioether (sulfide) groups is 1. The van der Waals surface area contributed by atoms with Gasteiger partial charge in [0.05, 0.1) is 22.2 Å². The molecule has 2 aromatic heterocycles. The van der Waals surface area contributed by atoms with Gasteiger partial charge in [-0.25, -0.2) is 4.98 Å². The number of hydrogen-bond donors (Lipinski definition) is 1. The third-order valence-corrected chi connectivity index (χ3v) is 8.39. The Morgan fingerprint density at radius 2 is 1.96 bits per heavy atom. The van der Waals surface area contributed by atoms with E-state index < -0.39 is 9.04 Å². The van der Waals surface area contributed by atoms with E-state index in [0.717, 1.165) is 21.7 Å². The lowest BCUT2D eigenvalue weighted by Gasteiger charge is -2.13. The van der Waals surface area contributed by atoms with E-state index in [4.69, 9.17) is 10.2 Å². The predicted octanol–water partition coefficient (Wildman–Crippen LogP) is 5.27. The summed E-state index contributed by atoms with van der Waals surface area (Å²) in [5.74, 6) is 0. The average Bonchev–Trinajstić information content (AvgIpc) is 3.27. The number of pyridine rings is 1. The van der Waals surface area contributed by atoms with Crippen LogP contribution in [0.2, 0.25) is 6.04 Å². The molecule has 3 rings (SSSR count). The number of unbranched alkanes of at least 4 members (excludes halogenated alkanes) is 1. The van der Waals surface area contributed by atoms with E-state index in [2.05, 4.69) is 12.1 Å². The van der Waals surface area contributed by atoms with Gasteiger partial charge in [0, 0.05) is 17.4 Å². The van der Waals surface area contributed by atoms with Crippen LogP contribution in [-0.4, -0.2) is 24.2 Å². The summed E-state index contributed by atoms with van der Waals surface area (Å²) >= 11 is 3.05. The van der Waals surface area contributed by atoms with Gasteiger partial charge >= 0.3 is 0 Å². The number of nitriles is 2. The molecule has 0 spiro atoms. The second-order valence-electron chi connectivity index (χ2n) is 6.06. The minimum Gasteiger partial charge on any atom is -0.431 e. The Bertz CT molecular complexity index is 995. The van der Waals surface area contributed by atoms with Crippen LogP contribution in [0.5, 0.6) is 0 Å². The van der Waals surface area contributed by atoms with Crippen molar-refractivity contribution in [1.29, 1.82) is 10.5 Å². The molecule has 0 saturated heterocycles. The zero-order chi connectivity index (χ0) is 19.8. The van der Waals surface area contributed by atoms with Crippen LogP contribution >= 0.6 is 23.1 Å². The summed E-state index contributed by atoms with van der Waals surface area (Å²) in [6, 6.07) is 20.9. The number of aromatic nitrogens is 1. The highest BCUT2D eigenvalue weighted by Gasteiger charge is 2.18. The smallest absolute Gasteiger partial charge is 0.217 e. The molecule has 0 aliphatic heterocycles. The molecule has 3 aromatic rings. The van der Waals surface area contributed by atoms with Gasteiger partial charge in [-0.3, -0.25) is 0 Å². The number of thiophene rings is 1. The van der Waals surface area contributed by atoms with Crippen molar-refractivity contribution < 1.29 is 4.80 Å². The summed E-state index contributed by atoms with van der Waals surface area (Å²) in [5, 5.41) is 21.7. The van der Waals surface area contributed by atoms with Gasteiger partial charge in [-0.05, 0) is 35.5 Å². The highest BCUT2D eigenvalue weighted by Crippen LogP contribution is 2.35. The summed E-state index contributed by atoms with van der Waals surface area (Å²) in [5.41, 5.74) is 3.22. The first kappa shape index (κ1) is 20.3. The van der Waals surface area contributed by atoms with Crippen molar-refractivity contribution in [3.05, 3.63) is 59.5 Å². The molecule has 1 aromatic carbocycles. The second kappa shape index (κ2) is 10.2. The van der Waals surface area contributed by atoms with Crippen molar-refractivity contribution in [3.63, 3.8) is 0 Å². The van der Waals surface area contributed by atoms with Crippen LogP contribution in [0.25, 0.3) is 21.7 Å².